The first-order chi connectivity index (χ1) is 14.7. The summed E-state index contributed by atoms with van der Waals surface area (Å²) in [7, 11) is 1.83. The zero-order valence-corrected chi connectivity index (χ0v) is 20.7. The minimum absolute atomic E-state index is 0. The maximum Gasteiger partial charge on any atom is 0.225 e. The molecule has 1 unspecified atom stereocenters. The molecule has 0 saturated carbocycles. The number of anilines is 1. The summed E-state index contributed by atoms with van der Waals surface area (Å²) in [4.78, 5) is 17.7. The highest BCUT2D eigenvalue weighted by molar-refractivity contribution is 14.0. The van der Waals surface area contributed by atoms with Crippen LogP contribution in [-0.4, -0.2) is 66.8 Å². The van der Waals surface area contributed by atoms with Crippen LogP contribution in [-0.2, 0) is 13.0 Å². The molecule has 1 aromatic carbocycles. The molecule has 168 valence electrons. The van der Waals surface area contributed by atoms with Gasteiger partial charge in [0.25, 0.3) is 0 Å². The van der Waals surface area contributed by atoms with Gasteiger partial charge >= 0.3 is 0 Å². The van der Waals surface area contributed by atoms with Gasteiger partial charge < -0.3 is 24.6 Å². The van der Waals surface area contributed by atoms with Crippen LogP contribution in [0.3, 0.4) is 0 Å². The lowest BCUT2D eigenvalue weighted by Gasteiger charge is -2.36. The highest BCUT2D eigenvalue weighted by Gasteiger charge is 2.23. The molecule has 8 nitrogen and oxygen atoms in total. The van der Waals surface area contributed by atoms with E-state index in [2.05, 4.69) is 49.1 Å². The molecule has 0 amide bonds. The third-order valence-electron chi connectivity index (χ3n) is 5.44. The fourth-order valence-corrected chi connectivity index (χ4v) is 3.99. The van der Waals surface area contributed by atoms with Crippen molar-refractivity contribution in [3.63, 3.8) is 0 Å². The van der Waals surface area contributed by atoms with Crippen molar-refractivity contribution in [3.05, 3.63) is 41.7 Å². The van der Waals surface area contributed by atoms with Crippen molar-refractivity contribution >= 4 is 35.9 Å². The van der Waals surface area contributed by atoms with Crippen LogP contribution in [0.15, 0.2) is 35.6 Å². The second kappa shape index (κ2) is 10.8. The topological polar surface area (TPSA) is 75.1 Å². The average molecular weight is 538 g/mol. The molecule has 1 saturated heterocycles. The SMILES string of the molecule is CCOc1cc2c(cc1CNC(=NC)N1CCN(c3ncccn3)CC1)OC(C)C2.I. The smallest absolute Gasteiger partial charge is 0.225 e. The van der Waals surface area contributed by atoms with Crippen molar-refractivity contribution in [2.45, 2.75) is 32.9 Å². The molecule has 1 N–H and O–H groups in total. The lowest BCUT2D eigenvalue weighted by atomic mass is 10.1. The van der Waals surface area contributed by atoms with Crippen molar-refractivity contribution in [1.29, 1.82) is 0 Å². The number of fused-ring (bicyclic) bond motifs is 1. The van der Waals surface area contributed by atoms with Gasteiger partial charge in [-0.05, 0) is 32.0 Å². The lowest BCUT2D eigenvalue weighted by Crippen LogP contribution is -2.52. The van der Waals surface area contributed by atoms with E-state index in [0.717, 1.165) is 61.6 Å². The Morgan fingerprint density at radius 3 is 2.65 bits per heavy atom. The molecule has 31 heavy (non-hydrogen) atoms. The Kier molecular flexibility index (Phi) is 8.16. The average Bonchev–Trinajstić information content (AvgIpc) is 3.14. The summed E-state index contributed by atoms with van der Waals surface area (Å²) in [6.07, 6.45) is 4.72. The molecule has 2 aromatic rings. The third kappa shape index (κ3) is 5.50. The lowest BCUT2D eigenvalue weighted by molar-refractivity contribution is 0.254. The van der Waals surface area contributed by atoms with Crippen molar-refractivity contribution in [2.75, 3.05) is 44.7 Å². The number of aromatic nitrogens is 2. The summed E-state index contributed by atoms with van der Waals surface area (Å²) in [5.74, 6) is 3.56. The summed E-state index contributed by atoms with van der Waals surface area (Å²) in [6.45, 7) is 8.83. The van der Waals surface area contributed by atoms with Gasteiger partial charge in [-0.1, -0.05) is 0 Å². The summed E-state index contributed by atoms with van der Waals surface area (Å²) >= 11 is 0. The van der Waals surface area contributed by atoms with Gasteiger partial charge in [-0.25, -0.2) is 9.97 Å². The number of piperazine rings is 1. The normalized spacial score (nSPS) is 18.2. The molecule has 0 spiro atoms. The molecule has 0 radical (unpaired) electrons. The van der Waals surface area contributed by atoms with E-state index >= 15 is 0 Å². The summed E-state index contributed by atoms with van der Waals surface area (Å²) in [6, 6.07) is 6.07. The first-order valence-electron chi connectivity index (χ1n) is 10.6. The van der Waals surface area contributed by atoms with Gasteiger partial charge in [0.05, 0.1) is 6.61 Å². The number of rotatable bonds is 5. The van der Waals surface area contributed by atoms with Crippen LogP contribution in [0, 0.1) is 0 Å². The first kappa shape index (κ1) is 23.4. The van der Waals surface area contributed by atoms with Crippen LogP contribution >= 0.6 is 24.0 Å². The van der Waals surface area contributed by atoms with Gasteiger partial charge in [-0.3, -0.25) is 4.99 Å². The molecular weight excluding hydrogens is 507 g/mol. The van der Waals surface area contributed by atoms with Crippen LogP contribution in [0.1, 0.15) is 25.0 Å². The van der Waals surface area contributed by atoms with Crippen molar-refractivity contribution in [3.8, 4) is 11.5 Å². The Morgan fingerprint density at radius 1 is 1.23 bits per heavy atom. The van der Waals surface area contributed by atoms with Gasteiger partial charge in [-0.2, -0.15) is 0 Å². The predicted molar refractivity (Wildman–Crippen MR) is 133 cm³/mol. The number of hydrogen-bond donors (Lipinski definition) is 1. The van der Waals surface area contributed by atoms with Crippen LogP contribution in [0.5, 0.6) is 11.5 Å². The predicted octanol–water partition coefficient (Wildman–Crippen LogP) is 2.71. The van der Waals surface area contributed by atoms with Gasteiger partial charge in [0.1, 0.15) is 17.6 Å². The fourth-order valence-electron chi connectivity index (χ4n) is 3.99. The Morgan fingerprint density at radius 2 is 1.97 bits per heavy atom. The molecule has 3 heterocycles. The van der Waals surface area contributed by atoms with Crippen LogP contribution < -0.4 is 19.7 Å². The van der Waals surface area contributed by atoms with Crippen molar-refractivity contribution in [2.24, 2.45) is 4.99 Å². The fraction of sp³-hybridized carbons (Fsp3) is 0.500. The van der Waals surface area contributed by atoms with Gasteiger partial charge in [0.2, 0.25) is 5.95 Å². The Hall–Kier alpha value is -2.30. The van der Waals surface area contributed by atoms with Gasteiger partial charge in [0.15, 0.2) is 5.96 Å². The molecule has 1 atom stereocenters. The quantitative estimate of drug-likeness (QED) is 0.357. The van der Waals surface area contributed by atoms with Gasteiger partial charge in [-0.15, -0.1) is 24.0 Å². The Labute approximate surface area is 201 Å². The summed E-state index contributed by atoms with van der Waals surface area (Å²) < 4.78 is 11.8. The number of hydrogen-bond acceptors (Lipinski definition) is 6. The first-order valence-corrected chi connectivity index (χ1v) is 10.6. The largest absolute Gasteiger partial charge is 0.494 e. The number of nitrogens with one attached hydrogen (secondary N) is 1. The zero-order valence-electron chi connectivity index (χ0n) is 18.4. The van der Waals surface area contributed by atoms with E-state index < -0.39 is 0 Å². The van der Waals surface area contributed by atoms with Crippen LogP contribution in [0.4, 0.5) is 5.95 Å². The Balaban J connectivity index is 0.00000272. The highest BCUT2D eigenvalue weighted by atomic mass is 127. The summed E-state index contributed by atoms with van der Waals surface area (Å²) in [5.41, 5.74) is 2.31. The molecule has 0 bridgehead atoms. The van der Waals surface area contributed by atoms with E-state index in [-0.39, 0.29) is 30.1 Å². The van der Waals surface area contributed by atoms with E-state index in [1.807, 2.05) is 20.0 Å². The minimum atomic E-state index is 0. The zero-order chi connectivity index (χ0) is 20.9. The van der Waals surface area contributed by atoms with Crippen molar-refractivity contribution < 1.29 is 9.47 Å². The second-order valence-corrected chi connectivity index (χ2v) is 7.56. The standard InChI is InChI=1S/C22H30N6O2.HI/c1-4-29-19-13-17-12-16(2)30-20(17)14-18(19)15-26-21(23-3)27-8-10-28(11-9-27)22-24-6-5-7-25-22;/h5-7,13-14,16H,4,8-12,15H2,1-3H3,(H,23,26);1H. The molecule has 9 heteroatoms. The van der Waals surface area contributed by atoms with Gasteiger partial charge in [0, 0.05) is 69.7 Å². The molecule has 1 aromatic heterocycles. The van der Waals surface area contributed by atoms with E-state index in [9.17, 15) is 0 Å². The number of nitrogens with zero attached hydrogens (tertiary/aromatic N) is 5. The maximum atomic E-state index is 5.94. The van der Waals surface area contributed by atoms with E-state index in [4.69, 9.17) is 9.47 Å². The van der Waals surface area contributed by atoms with E-state index in [1.54, 1.807) is 12.4 Å². The van der Waals surface area contributed by atoms with E-state index in [0.29, 0.717) is 13.2 Å². The monoisotopic (exact) mass is 538 g/mol. The highest BCUT2D eigenvalue weighted by Crippen LogP contribution is 2.35. The molecule has 4 rings (SSSR count). The summed E-state index contributed by atoms with van der Waals surface area (Å²) in [5, 5.41) is 3.50. The molecule has 1 fully saturated rings. The number of halogens is 1. The molecular formula is C22H31IN6O2. The second-order valence-electron chi connectivity index (χ2n) is 7.56. The maximum absolute atomic E-state index is 5.94. The number of aliphatic imine (C=N–C) groups is 1. The van der Waals surface area contributed by atoms with Crippen LogP contribution in [0.25, 0.3) is 0 Å². The molecule has 2 aliphatic heterocycles. The van der Waals surface area contributed by atoms with E-state index in [1.165, 1.54) is 5.56 Å². The van der Waals surface area contributed by atoms with Crippen molar-refractivity contribution in [1.82, 2.24) is 20.2 Å². The number of ether oxygens (including phenoxy) is 2. The Bertz CT molecular complexity index is 887. The number of benzene rings is 1. The third-order valence-corrected chi connectivity index (χ3v) is 5.44. The number of guanidine groups is 1. The molecule has 2 aliphatic rings. The van der Waals surface area contributed by atoms with Crippen LogP contribution in [0.2, 0.25) is 0 Å². The minimum Gasteiger partial charge on any atom is -0.494 e. The molecule has 0 aliphatic carbocycles.